The Morgan fingerprint density at radius 1 is 1.19 bits per heavy atom. The normalized spacial score (nSPS) is 14.3. The summed E-state index contributed by atoms with van der Waals surface area (Å²) < 4.78 is 1.79. The van der Waals surface area contributed by atoms with Crippen molar-refractivity contribution in [3.05, 3.63) is 42.6 Å². The zero-order valence-electron chi connectivity index (χ0n) is 13.8. The molecule has 0 bridgehead atoms. The Labute approximate surface area is 162 Å². The molecule has 0 unspecified atom stereocenters. The maximum atomic E-state index is 12.5. The van der Waals surface area contributed by atoms with E-state index in [1.54, 1.807) is 41.6 Å². The first kappa shape index (κ1) is 20.0. The number of piperidine rings is 1. The van der Waals surface area contributed by atoms with Crippen LogP contribution in [-0.4, -0.2) is 44.0 Å². The molecule has 0 radical (unpaired) electrons. The number of pyridine rings is 2. The number of anilines is 1. The van der Waals surface area contributed by atoms with E-state index in [1.165, 1.54) is 0 Å². The average Bonchev–Trinajstić information content (AvgIpc) is 3.13. The van der Waals surface area contributed by atoms with Crippen LogP contribution >= 0.6 is 24.8 Å². The largest absolute Gasteiger partial charge is 0.320 e. The minimum absolute atomic E-state index is 0. The zero-order chi connectivity index (χ0) is 16.4. The molecule has 4 rings (SSSR count). The third kappa shape index (κ3) is 4.09. The van der Waals surface area contributed by atoms with Crippen molar-refractivity contribution in [3.8, 4) is 0 Å². The molecular formula is C16H19Cl2N7O. The number of rotatable bonds is 3. The number of amides is 1. The molecule has 1 aliphatic rings. The van der Waals surface area contributed by atoms with Crippen molar-refractivity contribution in [1.29, 1.82) is 0 Å². The van der Waals surface area contributed by atoms with Gasteiger partial charge in [0.05, 0.1) is 23.4 Å². The molecule has 0 atom stereocenters. The van der Waals surface area contributed by atoms with Crippen LogP contribution in [0.25, 0.3) is 10.9 Å². The highest BCUT2D eigenvalue weighted by atomic mass is 35.5. The molecule has 2 N–H and O–H groups in total. The van der Waals surface area contributed by atoms with E-state index in [0.29, 0.717) is 17.4 Å². The molecule has 3 aromatic rings. The Bertz CT molecular complexity index is 874. The molecule has 3 aromatic heterocycles. The van der Waals surface area contributed by atoms with Crippen LogP contribution in [0.3, 0.4) is 0 Å². The van der Waals surface area contributed by atoms with Crippen molar-refractivity contribution in [2.45, 2.75) is 18.9 Å². The van der Waals surface area contributed by atoms with Crippen molar-refractivity contribution in [1.82, 2.24) is 30.3 Å². The van der Waals surface area contributed by atoms with E-state index in [2.05, 4.69) is 30.9 Å². The van der Waals surface area contributed by atoms with E-state index in [4.69, 9.17) is 0 Å². The lowest BCUT2D eigenvalue weighted by molar-refractivity contribution is 0.102. The fourth-order valence-corrected chi connectivity index (χ4v) is 2.91. The van der Waals surface area contributed by atoms with Gasteiger partial charge in [-0.25, -0.2) is 4.68 Å². The minimum Gasteiger partial charge on any atom is -0.320 e. The molecule has 1 fully saturated rings. The van der Waals surface area contributed by atoms with Gasteiger partial charge in [-0.15, -0.1) is 29.9 Å². The summed E-state index contributed by atoms with van der Waals surface area (Å²) in [5.74, 6) is -0.286. The van der Waals surface area contributed by atoms with Gasteiger partial charge < -0.3 is 10.6 Å². The molecule has 10 heteroatoms. The highest BCUT2D eigenvalue weighted by Gasteiger charge is 2.19. The van der Waals surface area contributed by atoms with E-state index in [-0.39, 0.29) is 30.7 Å². The van der Waals surface area contributed by atoms with Crippen LogP contribution in [-0.2, 0) is 0 Å². The monoisotopic (exact) mass is 395 g/mol. The number of fused-ring (bicyclic) bond motifs is 1. The van der Waals surface area contributed by atoms with Crippen molar-refractivity contribution >= 4 is 47.3 Å². The maximum Gasteiger partial charge on any atom is 0.277 e. The quantitative estimate of drug-likeness (QED) is 0.705. The predicted molar refractivity (Wildman–Crippen MR) is 103 cm³/mol. The first-order chi connectivity index (χ1) is 11.8. The van der Waals surface area contributed by atoms with Crippen molar-refractivity contribution in [3.63, 3.8) is 0 Å². The maximum absolute atomic E-state index is 12.5. The number of nitrogens with one attached hydrogen (secondary N) is 2. The predicted octanol–water partition coefficient (Wildman–Crippen LogP) is 2.24. The molecule has 138 valence electrons. The fraction of sp³-hybridized carbons (Fsp3) is 0.312. The first-order valence-corrected chi connectivity index (χ1v) is 7.94. The molecule has 0 aromatic carbocycles. The lowest BCUT2D eigenvalue weighted by Gasteiger charge is -2.22. The van der Waals surface area contributed by atoms with Crippen LogP contribution in [0.2, 0.25) is 0 Å². The Hall–Kier alpha value is -2.29. The Morgan fingerprint density at radius 2 is 2.00 bits per heavy atom. The van der Waals surface area contributed by atoms with E-state index < -0.39 is 0 Å². The van der Waals surface area contributed by atoms with E-state index >= 15 is 0 Å². The molecule has 8 nitrogen and oxygen atoms in total. The lowest BCUT2D eigenvalue weighted by atomic mass is 10.1. The van der Waals surface area contributed by atoms with Crippen LogP contribution in [0.4, 0.5) is 5.69 Å². The van der Waals surface area contributed by atoms with Crippen LogP contribution in [0, 0.1) is 0 Å². The van der Waals surface area contributed by atoms with Crippen LogP contribution in [0.15, 0.2) is 36.9 Å². The van der Waals surface area contributed by atoms with Crippen molar-refractivity contribution in [2.75, 3.05) is 18.4 Å². The highest BCUT2D eigenvalue weighted by Crippen LogP contribution is 2.21. The van der Waals surface area contributed by atoms with Gasteiger partial charge in [0.2, 0.25) is 0 Å². The zero-order valence-corrected chi connectivity index (χ0v) is 15.5. The van der Waals surface area contributed by atoms with Gasteiger partial charge in [0.15, 0.2) is 5.69 Å². The van der Waals surface area contributed by atoms with E-state index in [9.17, 15) is 4.79 Å². The summed E-state index contributed by atoms with van der Waals surface area (Å²) in [5.41, 5.74) is 1.75. The molecule has 4 heterocycles. The highest BCUT2D eigenvalue weighted by molar-refractivity contribution is 6.07. The summed E-state index contributed by atoms with van der Waals surface area (Å²) in [6, 6.07) is 3.85. The number of aromatic nitrogens is 5. The molecule has 1 aliphatic heterocycles. The lowest BCUT2D eigenvalue weighted by Crippen LogP contribution is -2.29. The summed E-state index contributed by atoms with van der Waals surface area (Å²) in [6.07, 6.45) is 8.71. The van der Waals surface area contributed by atoms with Crippen molar-refractivity contribution in [2.24, 2.45) is 0 Å². The summed E-state index contributed by atoms with van der Waals surface area (Å²) in [7, 11) is 0. The number of halogens is 2. The van der Waals surface area contributed by atoms with Gasteiger partial charge >= 0.3 is 0 Å². The molecule has 26 heavy (non-hydrogen) atoms. The Balaban J connectivity index is 0.00000121. The molecule has 0 spiro atoms. The molecule has 1 saturated heterocycles. The molecule has 0 aliphatic carbocycles. The standard InChI is InChI=1S/C16H17N7O.2ClH/c24-16(15-10-23(22-21-15)11-1-5-17-6-2-11)20-14-4-8-19-13-3-7-18-9-12(13)14;;/h3-4,7-11,17H,1-2,5-6H2,(H,19,20,24);2*1H. The van der Waals surface area contributed by atoms with Gasteiger partial charge in [-0.1, -0.05) is 5.21 Å². The fourth-order valence-electron chi connectivity index (χ4n) is 2.91. The van der Waals surface area contributed by atoms with Gasteiger partial charge in [0.25, 0.3) is 5.91 Å². The topological polar surface area (TPSA) is 97.6 Å². The van der Waals surface area contributed by atoms with Crippen molar-refractivity contribution < 1.29 is 4.79 Å². The number of carbonyl (C=O) groups excluding carboxylic acids is 1. The van der Waals surface area contributed by atoms with Gasteiger partial charge in [0.1, 0.15) is 0 Å². The second-order valence-corrected chi connectivity index (χ2v) is 5.77. The summed E-state index contributed by atoms with van der Waals surface area (Å²) in [4.78, 5) is 20.8. The van der Waals surface area contributed by atoms with Crippen LogP contribution in [0.1, 0.15) is 29.4 Å². The summed E-state index contributed by atoms with van der Waals surface area (Å²) in [5, 5.41) is 15.1. The number of nitrogens with zero attached hydrogens (tertiary/aromatic N) is 5. The number of carbonyl (C=O) groups is 1. The first-order valence-electron chi connectivity index (χ1n) is 7.94. The smallest absolute Gasteiger partial charge is 0.277 e. The average molecular weight is 396 g/mol. The molecule has 1 amide bonds. The molecule has 0 saturated carbocycles. The van der Waals surface area contributed by atoms with Gasteiger partial charge in [-0.2, -0.15) is 0 Å². The Morgan fingerprint density at radius 3 is 2.81 bits per heavy atom. The van der Waals surface area contributed by atoms with Crippen LogP contribution < -0.4 is 10.6 Å². The second-order valence-electron chi connectivity index (χ2n) is 5.77. The second kappa shape index (κ2) is 8.88. The third-order valence-electron chi connectivity index (χ3n) is 4.22. The van der Waals surface area contributed by atoms with Gasteiger partial charge in [0, 0.05) is 24.0 Å². The number of hydrogen-bond acceptors (Lipinski definition) is 6. The minimum atomic E-state index is -0.286. The number of hydrogen-bond donors (Lipinski definition) is 2. The van der Waals surface area contributed by atoms with Crippen LogP contribution in [0.5, 0.6) is 0 Å². The van der Waals surface area contributed by atoms with E-state index in [0.717, 1.165) is 36.8 Å². The van der Waals surface area contributed by atoms with Gasteiger partial charge in [-0.3, -0.25) is 14.8 Å². The van der Waals surface area contributed by atoms with Gasteiger partial charge in [-0.05, 0) is 38.1 Å². The summed E-state index contributed by atoms with van der Waals surface area (Å²) in [6.45, 7) is 1.92. The van der Waals surface area contributed by atoms with E-state index in [1.807, 2.05) is 0 Å². The Kier molecular flexibility index (Phi) is 6.84. The SMILES string of the molecule is Cl.Cl.O=C(Nc1ccnc2ccncc12)c1cn(C2CCNCC2)nn1. The third-order valence-corrected chi connectivity index (χ3v) is 4.22. The summed E-state index contributed by atoms with van der Waals surface area (Å²) >= 11 is 0. The molecular weight excluding hydrogens is 377 g/mol.